The number of rotatable bonds is 3. The Morgan fingerprint density at radius 2 is 1.62 bits per heavy atom. The van der Waals surface area contributed by atoms with Crippen LogP contribution in [0.4, 0.5) is 9.59 Å². The van der Waals surface area contributed by atoms with Gasteiger partial charge in [-0.2, -0.15) is 0 Å². The molecular weight excluding hydrogens is 344 g/mol. The fourth-order valence-corrected chi connectivity index (χ4v) is 2.38. The monoisotopic (exact) mass is 372 g/mol. The number of alkyl carbamates (subject to hydrolysis) is 1. The molecule has 0 spiro atoms. The summed E-state index contributed by atoms with van der Waals surface area (Å²) in [5.74, 6) is -2.09. The fraction of sp³-hybridized carbons (Fsp3) is 0.765. The number of carbonyl (C=O) groups is 4. The highest BCUT2D eigenvalue weighted by Crippen LogP contribution is 2.27. The van der Waals surface area contributed by atoms with E-state index in [-0.39, 0.29) is 13.0 Å². The molecule has 26 heavy (non-hydrogen) atoms. The second-order valence-electron chi connectivity index (χ2n) is 8.04. The molecular formula is C17H28N2O7. The van der Waals surface area contributed by atoms with Gasteiger partial charge in [0.25, 0.3) is 0 Å². The van der Waals surface area contributed by atoms with Crippen molar-refractivity contribution >= 4 is 24.1 Å². The van der Waals surface area contributed by atoms with Gasteiger partial charge in [0.1, 0.15) is 17.2 Å². The molecule has 9 nitrogen and oxygen atoms in total. The molecule has 0 saturated carbocycles. The number of esters is 1. The second-order valence-corrected chi connectivity index (χ2v) is 8.04. The van der Waals surface area contributed by atoms with Crippen molar-refractivity contribution < 1.29 is 33.4 Å². The van der Waals surface area contributed by atoms with Crippen LogP contribution >= 0.6 is 0 Å². The van der Waals surface area contributed by atoms with Crippen LogP contribution in [-0.2, 0) is 23.8 Å². The largest absolute Gasteiger partial charge is 0.467 e. The van der Waals surface area contributed by atoms with Gasteiger partial charge in [-0.25, -0.2) is 19.3 Å². The standard InChI is InChI=1S/C17H28N2O7/c1-16(2,3)25-14(22)18-9-10-8-11(13(21)24-7)19(12(10)20)15(23)26-17(4,5)6/h10-11H,8-9H2,1-7H3,(H,18,22)/t10-,11-/m0/s1. The second kappa shape index (κ2) is 7.92. The number of carbonyl (C=O) groups excluding carboxylic acids is 4. The number of hydrogen-bond acceptors (Lipinski definition) is 7. The minimum absolute atomic E-state index is 0.0283. The average molecular weight is 372 g/mol. The first kappa shape index (κ1) is 21.7. The molecule has 1 fully saturated rings. The summed E-state index contributed by atoms with van der Waals surface area (Å²) in [7, 11) is 1.17. The van der Waals surface area contributed by atoms with Gasteiger partial charge in [0, 0.05) is 6.54 Å². The van der Waals surface area contributed by atoms with Gasteiger partial charge >= 0.3 is 18.2 Å². The Bertz CT molecular complexity index is 575. The van der Waals surface area contributed by atoms with Crippen molar-refractivity contribution in [3.63, 3.8) is 0 Å². The van der Waals surface area contributed by atoms with Gasteiger partial charge < -0.3 is 19.5 Å². The Kier molecular flexibility index (Phi) is 6.62. The van der Waals surface area contributed by atoms with Crippen LogP contribution in [-0.4, -0.2) is 59.9 Å². The van der Waals surface area contributed by atoms with E-state index in [0.29, 0.717) is 0 Å². The van der Waals surface area contributed by atoms with E-state index in [0.717, 1.165) is 4.90 Å². The van der Waals surface area contributed by atoms with Crippen molar-refractivity contribution in [3.05, 3.63) is 0 Å². The van der Waals surface area contributed by atoms with E-state index in [1.165, 1.54) is 7.11 Å². The van der Waals surface area contributed by atoms with Gasteiger partial charge in [0.15, 0.2) is 0 Å². The highest BCUT2D eigenvalue weighted by atomic mass is 16.6. The zero-order valence-electron chi connectivity index (χ0n) is 16.4. The van der Waals surface area contributed by atoms with Crippen LogP contribution < -0.4 is 5.32 Å². The Labute approximate surface area is 153 Å². The van der Waals surface area contributed by atoms with Crippen LogP contribution in [0.2, 0.25) is 0 Å². The number of amides is 3. The Morgan fingerprint density at radius 1 is 1.08 bits per heavy atom. The molecule has 1 saturated heterocycles. The molecule has 0 aromatic carbocycles. The average Bonchev–Trinajstić information content (AvgIpc) is 2.77. The number of ether oxygens (including phenoxy) is 3. The molecule has 1 aliphatic heterocycles. The van der Waals surface area contributed by atoms with Gasteiger partial charge in [0.05, 0.1) is 13.0 Å². The molecule has 0 bridgehead atoms. The zero-order chi connectivity index (χ0) is 20.3. The lowest BCUT2D eigenvalue weighted by atomic mass is 10.1. The molecule has 9 heteroatoms. The molecule has 0 unspecified atom stereocenters. The summed E-state index contributed by atoms with van der Waals surface area (Å²) in [6.07, 6.45) is -1.58. The first-order valence-electron chi connectivity index (χ1n) is 8.36. The summed E-state index contributed by atoms with van der Waals surface area (Å²) in [5, 5.41) is 2.48. The number of nitrogens with zero attached hydrogens (tertiary/aromatic N) is 1. The predicted molar refractivity (Wildman–Crippen MR) is 91.2 cm³/mol. The smallest absolute Gasteiger partial charge is 0.417 e. The first-order valence-corrected chi connectivity index (χ1v) is 8.36. The summed E-state index contributed by atoms with van der Waals surface area (Å²) < 4.78 is 15.0. The summed E-state index contributed by atoms with van der Waals surface area (Å²) >= 11 is 0. The lowest BCUT2D eigenvalue weighted by Gasteiger charge is -2.26. The zero-order valence-corrected chi connectivity index (χ0v) is 16.4. The maximum atomic E-state index is 12.6. The maximum Gasteiger partial charge on any atom is 0.417 e. The van der Waals surface area contributed by atoms with Crippen molar-refractivity contribution in [3.8, 4) is 0 Å². The van der Waals surface area contributed by atoms with E-state index in [1.807, 2.05) is 0 Å². The van der Waals surface area contributed by atoms with Crippen molar-refractivity contribution in [2.45, 2.75) is 65.2 Å². The number of nitrogens with one attached hydrogen (secondary N) is 1. The van der Waals surface area contributed by atoms with Gasteiger partial charge in [-0.05, 0) is 48.0 Å². The lowest BCUT2D eigenvalue weighted by Crippen LogP contribution is -2.46. The van der Waals surface area contributed by atoms with Crippen LogP contribution in [0.5, 0.6) is 0 Å². The molecule has 0 radical (unpaired) electrons. The number of likely N-dealkylation sites (tertiary alicyclic amines) is 1. The Hall–Kier alpha value is -2.32. The van der Waals surface area contributed by atoms with Crippen molar-refractivity contribution in [2.24, 2.45) is 5.92 Å². The SMILES string of the molecule is COC(=O)[C@@H]1C[C@@H](CNC(=O)OC(C)(C)C)C(=O)N1C(=O)OC(C)(C)C. The van der Waals surface area contributed by atoms with Crippen LogP contribution in [0.1, 0.15) is 48.0 Å². The normalized spacial score (nSPS) is 20.6. The summed E-state index contributed by atoms with van der Waals surface area (Å²) in [6.45, 7) is 10.0. The summed E-state index contributed by atoms with van der Waals surface area (Å²) in [4.78, 5) is 49.4. The predicted octanol–water partition coefficient (Wildman–Crippen LogP) is 1.84. The molecule has 148 valence electrons. The van der Waals surface area contributed by atoms with Crippen LogP contribution in [0.3, 0.4) is 0 Å². The first-order chi connectivity index (χ1) is 11.7. The third-order valence-electron chi connectivity index (χ3n) is 3.36. The number of hydrogen-bond donors (Lipinski definition) is 1. The molecule has 1 heterocycles. The molecule has 2 atom stereocenters. The summed E-state index contributed by atoms with van der Waals surface area (Å²) in [5.41, 5.74) is -1.51. The van der Waals surface area contributed by atoms with Crippen LogP contribution in [0, 0.1) is 5.92 Å². The van der Waals surface area contributed by atoms with E-state index < -0.39 is 47.2 Å². The third kappa shape index (κ3) is 6.20. The Balaban J connectivity index is 2.85. The van der Waals surface area contributed by atoms with E-state index in [2.05, 4.69) is 10.1 Å². The third-order valence-corrected chi connectivity index (χ3v) is 3.36. The molecule has 0 aromatic heterocycles. The van der Waals surface area contributed by atoms with E-state index in [4.69, 9.17) is 9.47 Å². The Morgan fingerprint density at radius 3 is 2.08 bits per heavy atom. The molecule has 0 aromatic rings. The quantitative estimate of drug-likeness (QED) is 0.594. The minimum Gasteiger partial charge on any atom is -0.467 e. The van der Waals surface area contributed by atoms with Crippen LogP contribution in [0.25, 0.3) is 0 Å². The lowest BCUT2D eigenvalue weighted by molar-refractivity contribution is -0.148. The van der Waals surface area contributed by atoms with Crippen LogP contribution in [0.15, 0.2) is 0 Å². The molecule has 0 aliphatic carbocycles. The highest BCUT2D eigenvalue weighted by molar-refractivity contribution is 6.01. The highest BCUT2D eigenvalue weighted by Gasteiger charge is 2.48. The number of imide groups is 1. The van der Waals surface area contributed by atoms with Gasteiger partial charge in [-0.15, -0.1) is 0 Å². The van der Waals surface area contributed by atoms with E-state index in [1.54, 1.807) is 41.5 Å². The summed E-state index contributed by atoms with van der Waals surface area (Å²) in [6, 6.07) is -1.09. The minimum atomic E-state index is -1.09. The molecule has 3 amide bonds. The van der Waals surface area contributed by atoms with Gasteiger partial charge in [0.2, 0.25) is 5.91 Å². The van der Waals surface area contributed by atoms with E-state index in [9.17, 15) is 19.2 Å². The van der Waals surface area contributed by atoms with Gasteiger partial charge in [-0.3, -0.25) is 4.79 Å². The molecule has 1 N–H and O–H groups in total. The fourth-order valence-electron chi connectivity index (χ4n) is 2.38. The van der Waals surface area contributed by atoms with Crippen molar-refractivity contribution in [2.75, 3.05) is 13.7 Å². The topological polar surface area (TPSA) is 111 Å². The van der Waals surface area contributed by atoms with E-state index >= 15 is 0 Å². The number of methoxy groups -OCH3 is 1. The maximum absolute atomic E-state index is 12.6. The van der Waals surface area contributed by atoms with Crippen molar-refractivity contribution in [1.29, 1.82) is 0 Å². The molecule has 1 rings (SSSR count). The van der Waals surface area contributed by atoms with Crippen molar-refractivity contribution in [1.82, 2.24) is 10.2 Å². The van der Waals surface area contributed by atoms with Gasteiger partial charge in [-0.1, -0.05) is 0 Å². The molecule has 1 aliphatic rings.